The fraction of sp³-hybridized carbons (Fsp3) is 0.786. The Bertz CT molecular complexity index is 1020. The van der Waals surface area contributed by atoms with Crippen molar-refractivity contribution in [2.24, 2.45) is 17.8 Å². The first-order valence-electron chi connectivity index (χ1n) is 14.4. The highest BCUT2D eigenvalue weighted by molar-refractivity contribution is 5.93. The summed E-state index contributed by atoms with van der Waals surface area (Å²) >= 11 is 0. The molecule has 4 N–H and O–H groups in total. The van der Waals surface area contributed by atoms with E-state index in [-0.39, 0.29) is 42.7 Å². The number of esters is 1. The van der Waals surface area contributed by atoms with Gasteiger partial charge in [-0.1, -0.05) is 41.5 Å². The molecule has 0 aliphatic carbocycles. The number of rotatable bonds is 13. The number of hydrogen-bond donors (Lipinski definition) is 4. The van der Waals surface area contributed by atoms with Crippen molar-refractivity contribution in [2.45, 2.75) is 104 Å². The molecule has 2 aliphatic heterocycles. The van der Waals surface area contributed by atoms with Gasteiger partial charge in [0.2, 0.25) is 23.6 Å². The largest absolute Gasteiger partial charge is 0.468 e. The van der Waals surface area contributed by atoms with Crippen LogP contribution < -0.4 is 21.3 Å². The number of ether oxygens (including phenoxy) is 3. The first-order valence-corrected chi connectivity index (χ1v) is 14.4. The van der Waals surface area contributed by atoms with Crippen LogP contribution in [0.1, 0.15) is 61.8 Å². The predicted octanol–water partition coefficient (Wildman–Crippen LogP) is -0.551. The molecule has 0 saturated carbocycles. The number of carbonyl (C=O) groups is 6. The van der Waals surface area contributed by atoms with Gasteiger partial charge in [-0.05, 0) is 31.1 Å². The van der Waals surface area contributed by atoms with Crippen LogP contribution in [0.5, 0.6) is 0 Å². The van der Waals surface area contributed by atoms with Crippen LogP contribution in [0, 0.1) is 17.8 Å². The van der Waals surface area contributed by atoms with E-state index >= 15 is 0 Å². The Morgan fingerprint density at radius 3 is 1.98 bits per heavy atom. The van der Waals surface area contributed by atoms with Crippen molar-refractivity contribution < 1.29 is 43.0 Å². The Hall–Kier alpha value is -3.26. The Kier molecular flexibility index (Phi) is 12.7. The summed E-state index contributed by atoms with van der Waals surface area (Å²) in [6.07, 6.45) is -2.27. The van der Waals surface area contributed by atoms with E-state index in [0.717, 1.165) is 0 Å². The average Bonchev–Trinajstić information content (AvgIpc) is 3.26. The lowest BCUT2D eigenvalue weighted by molar-refractivity contribution is -0.171. The van der Waals surface area contributed by atoms with Gasteiger partial charge in [-0.25, -0.2) is 0 Å². The highest BCUT2D eigenvalue weighted by atomic mass is 16.7. The topological polar surface area (TPSA) is 181 Å². The summed E-state index contributed by atoms with van der Waals surface area (Å²) in [7, 11) is 1.20. The number of hydrogen-bond acceptors (Lipinski definition) is 9. The maximum atomic E-state index is 13.7. The van der Waals surface area contributed by atoms with Crippen LogP contribution in [0.2, 0.25) is 0 Å². The second-order valence-corrected chi connectivity index (χ2v) is 12.0. The maximum Gasteiger partial charge on any atom is 0.325 e. The molecule has 5 amide bonds. The van der Waals surface area contributed by atoms with Crippen molar-refractivity contribution in [1.29, 1.82) is 0 Å². The van der Waals surface area contributed by atoms with Crippen molar-refractivity contribution >= 4 is 35.5 Å². The predicted molar refractivity (Wildman–Crippen MR) is 150 cm³/mol. The molecule has 2 bridgehead atoms. The Morgan fingerprint density at radius 2 is 1.45 bits per heavy atom. The van der Waals surface area contributed by atoms with Crippen molar-refractivity contribution in [3.8, 4) is 0 Å². The molecular formula is C28H47N5O9. The molecule has 42 heavy (non-hydrogen) atoms. The van der Waals surface area contributed by atoms with Gasteiger partial charge >= 0.3 is 5.97 Å². The fourth-order valence-electron chi connectivity index (χ4n) is 4.99. The van der Waals surface area contributed by atoms with Crippen LogP contribution in [0.15, 0.2) is 0 Å². The summed E-state index contributed by atoms with van der Waals surface area (Å²) in [5.74, 6) is -3.31. The van der Waals surface area contributed by atoms with Gasteiger partial charge in [0.05, 0.1) is 19.7 Å². The van der Waals surface area contributed by atoms with Gasteiger partial charge in [0.15, 0.2) is 12.4 Å². The SMILES string of the molecule is COC(=O)CNC(=O)[C@@H](NC(=O)C1OC2O[C@@H]1CN(C(=O)[C@H](C)NC(=O)[C@@H](NC(C)=O)C(C)C)[C@H]2CC(C)C)C(C)C. The second-order valence-electron chi connectivity index (χ2n) is 12.0. The van der Waals surface area contributed by atoms with Crippen molar-refractivity contribution in [3.05, 3.63) is 0 Å². The van der Waals surface area contributed by atoms with Gasteiger partial charge in [-0.2, -0.15) is 0 Å². The normalized spacial score (nSPS) is 23.7. The molecule has 2 saturated heterocycles. The van der Waals surface area contributed by atoms with Gasteiger partial charge in [0, 0.05) is 6.92 Å². The lowest BCUT2D eigenvalue weighted by Gasteiger charge is -2.41. The first-order chi connectivity index (χ1) is 19.6. The van der Waals surface area contributed by atoms with Crippen LogP contribution in [0.3, 0.4) is 0 Å². The minimum atomic E-state index is -1.09. The fourth-order valence-corrected chi connectivity index (χ4v) is 4.99. The number of fused-ring (bicyclic) bond motifs is 2. The lowest BCUT2D eigenvalue weighted by atomic mass is 9.99. The van der Waals surface area contributed by atoms with Crippen LogP contribution in [-0.4, -0.2) is 103 Å². The van der Waals surface area contributed by atoms with E-state index in [2.05, 4.69) is 26.0 Å². The molecule has 14 heteroatoms. The highest BCUT2D eigenvalue weighted by Gasteiger charge is 2.53. The van der Waals surface area contributed by atoms with E-state index in [9.17, 15) is 28.8 Å². The third kappa shape index (κ3) is 9.12. The third-order valence-electron chi connectivity index (χ3n) is 7.19. The van der Waals surface area contributed by atoms with Crippen LogP contribution in [0.4, 0.5) is 0 Å². The molecule has 2 heterocycles. The minimum absolute atomic E-state index is 0.0329. The molecule has 2 fully saturated rings. The molecule has 2 rings (SSSR count). The molecular weight excluding hydrogens is 550 g/mol. The monoisotopic (exact) mass is 597 g/mol. The smallest absolute Gasteiger partial charge is 0.325 e. The van der Waals surface area contributed by atoms with Crippen LogP contribution in [-0.2, 0) is 43.0 Å². The second kappa shape index (κ2) is 15.3. The van der Waals surface area contributed by atoms with Gasteiger partial charge in [-0.3, -0.25) is 28.8 Å². The van der Waals surface area contributed by atoms with Gasteiger partial charge in [-0.15, -0.1) is 0 Å². The molecule has 2 unspecified atom stereocenters. The number of amides is 5. The van der Waals surface area contributed by atoms with E-state index in [1.54, 1.807) is 39.5 Å². The molecule has 14 nitrogen and oxygen atoms in total. The quantitative estimate of drug-likeness (QED) is 0.203. The number of methoxy groups -OCH3 is 1. The third-order valence-corrected chi connectivity index (χ3v) is 7.19. The van der Waals surface area contributed by atoms with Crippen LogP contribution in [0.25, 0.3) is 0 Å². The lowest BCUT2D eigenvalue weighted by Crippen LogP contribution is -2.61. The Morgan fingerprint density at radius 1 is 0.857 bits per heavy atom. The van der Waals surface area contributed by atoms with E-state index in [0.29, 0.717) is 6.42 Å². The summed E-state index contributed by atoms with van der Waals surface area (Å²) < 4.78 is 16.6. The number of nitrogens with zero attached hydrogens (tertiary/aromatic N) is 1. The Labute approximate surface area is 247 Å². The van der Waals surface area contributed by atoms with E-state index in [4.69, 9.17) is 9.47 Å². The maximum absolute atomic E-state index is 13.7. The zero-order valence-corrected chi connectivity index (χ0v) is 26.0. The Balaban J connectivity index is 2.18. The first kappa shape index (κ1) is 34.9. The number of carbonyl (C=O) groups excluding carboxylic acids is 6. The van der Waals surface area contributed by atoms with Crippen molar-refractivity contribution in [2.75, 3.05) is 20.2 Å². The molecule has 7 atom stereocenters. The molecule has 238 valence electrons. The summed E-state index contributed by atoms with van der Waals surface area (Å²) in [6, 6.07) is -3.20. The van der Waals surface area contributed by atoms with E-state index in [1.165, 1.54) is 14.0 Å². The van der Waals surface area contributed by atoms with Gasteiger partial charge < -0.3 is 40.4 Å². The summed E-state index contributed by atoms with van der Waals surface area (Å²) in [5.41, 5.74) is 0. The minimum Gasteiger partial charge on any atom is -0.468 e. The zero-order chi connectivity index (χ0) is 31.9. The number of morpholine rings is 1. The zero-order valence-electron chi connectivity index (χ0n) is 26.0. The van der Waals surface area contributed by atoms with Crippen LogP contribution >= 0.6 is 0 Å². The molecule has 2 aliphatic rings. The highest BCUT2D eigenvalue weighted by Crippen LogP contribution is 2.34. The average molecular weight is 598 g/mol. The molecule has 0 aromatic carbocycles. The van der Waals surface area contributed by atoms with Gasteiger partial charge in [0.1, 0.15) is 30.8 Å². The summed E-state index contributed by atoms with van der Waals surface area (Å²) in [6.45, 7) is 13.6. The molecule has 0 aromatic rings. The van der Waals surface area contributed by atoms with E-state index in [1.807, 2.05) is 13.8 Å². The summed E-state index contributed by atoms with van der Waals surface area (Å²) in [4.78, 5) is 77.2. The van der Waals surface area contributed by atoms with Crippen molar-refractivity contribution in [3.63, 3.8) is 0 Å². The van der Waals surface area contributed by atoms with Crippen molar-refractivity contribution in [1.82, 2.24) is 26.2 Å². The number of nitrogens with one attached hydrogen (secondary N) is 4. The van der Waals surface area contributed by atoms with E-state index < -0.39 is 66.4 Å². The van der Waals surface area contributed by atoms with Gasteiger partial charge in [0.25, 0.3) is 5.91 Å². The molecule has 0 aromatic heterocycles. The molecule has 0 radical (unpaired) electrons. The standard InChI is InChI=1S/C28H47N5O9/c1-13(2)10-18-28-41-19(12-33(18)27(39)16(7)30-25(37)22(15(5)6)31-17(8)34)23(42-28)26(38)32-21(14(3)4)24(36)29-11-20(35)40-9/h13-16,18-19,21-23,28H,10-12H2,1-9H3,(H,29,36)(H,30,37)(H,31,34)(H,32,38)/t16-,18-,19+,21-,22-,23?,28?/m0/s1. The summed E-state index contributed by atoms with van der Waals surface area (Å²) in [5, 5.41) is 10.5. The molecule has 0 spiro atoms.